The molecule has 1 atom stereocenters. The van der Waals surface area contributed by atoms with Crippen molar-refractivity contribution < 1.29 is 14.7 Å². The summed E-state index contributed by atoms with van der Waals surface area (Å²) >= 11 is 1.49. The van der Waals surface area contributed by atoms with Crippen LogP contribution in [0.4, 0.5) is 0 Å². The van der Waals surface area contributed by atoms with Gasteiger partial charge in [-0.3, -0.25) is 9.59 Å². The first-order chi connectivity index (χ1) is 14.5. The predicted molar refractivity (Wildman–Crippen MR) is 120 cm³/mol. The van der Waals surface area contributed by atoms with Crippen LogP contribution in [0, 0.1) is 0 Å². The molecular weight excluding hydrogens is 396 g/mol. The molecule has 1 aromatic heterocycles. The molecule has 0 saturated carbocycles. The third-order valence-electron chi connectivity index (χ3n) is 5.40. The summed E-state index contributed by atoms with van der Waals surface area (Å²) in [7, 11) is 3.96. The molecule has 1 aliphatic rings. The number of rotatable bonds is 6. The van der Waals surface area contributed by atoms with E-state index in [9.17, 15) is 14.7 Å². The lowest BCUT2D eigenvalue weighted by molar-refractivity contribution is -0.139. The normalized spacial score (nSPS) is 18.6. The van der Waals surface area contributed by atoms with Gasteiger partial charge in [-0.2, -0.15) is 0 Å². The Balaban J connectivity index is 1.83. The van der Waals surface area contributed by atoms with Crippen LogP contribution in [0.1, 0.15) is 22.9 Å². The Bertz CT molecular complexity index is 1110. The molecule has 0 bridgehead atoms. The number of fused-ring (bicyclic) bond motifs is 1. The van der Waals surface area contributed by atoms with Gasteiger partial charge in [0.15, 0.2) is 0 Å². The smallest absolute Gasteiger partial charge is 0.295 e. The van der Waals surface area contributed by atoms with E-state index in [1.807, 2.05) is 72.9 Å². The minimum Gasteiger partial charge on any atom is -0.507 e. The number of carbonyl (C=O) groups is 2. The number of likely N-dealkylation sites (tertiary alicyclic amines) is 1. The molecule has 30 heavy (non-hydrogen) atoms. The zero-order chi connectivity index (χ0) is 21.3. The highest BCUT2D eigenvalue weighted by molar-refractivity contribution is 7.10. The van der Waals surface area contributed by atoms with Crippen molar-refractivity contribution in [1.82, 2.24) is 9.80 Å². The van der Waals surface area contributed by atoms with Crippen LogP contribution >= 0.6 is 11.3 Å². The number of aliphatic hydroxyl groups excluding tert-OH is 1. The fourth-order valence-electron chi connectivity index (χ4n) is 3.99. The summed E-state index contributed by atoms with van der Waals surface area (Å²) in [4.78, 5) is 30.5. The van der Waals surface area contributed by atoms with Gasteiger partial charge in [0.05, 0.1) is 11.6 Å². The predicted octanol–water partition coefficient (Wildman–Crippen LogP) is 4.27. The van der Waals surface area contributed by atoms with Crippen LogP contribution in [0.2, 0.25) is 0 Å². The van der Waals surface area contributed by atoms with Gasteiger partial charge in [-0.25, -0.2) is 0 Å². The molecule has 1 aliphatic heterocycles. The molecule has 0 spiro atoms. The average molecular weight is 421 g/mol. The number of nitrogens with zero attached hydrogens (tertiary/aromatic N) is 2. The number of benzene rings is 2. The minimum absolute atomic E-state index is 0.112. The second-order valence-corrected chi connectivity index (χ2v) is 8.67. The molecule has 1 unspecified atom stereocenters. The van der Waals surface area contributed by atoms with Gasteiger partial charge in [-0.15, -0.1) is 11.3 Å². The van der Waals surface area contributed by atoms with Gasteiger partial charge in [0, 0.05) is 17.0 Å². The highest BCUT2D eigenvalue weighted by Crippen LogP contribution is 2.41. The Morgan fingerprint density at radius 1 is 1.07 bits per heavy atom. The molecule has 2 aromatic carbocycles. The maximum absolute atomic E-state index is 13.1. The SMILES string of the molecule is CN(C)CCCN1C(=O)C(=O)/C(=C(\O)c2cccc3ccccc23)C1c1cccs1. The topological polar surface area (TPSA) is 60.9 Å². The summed E-state index contributed by atoms with van der Waals surface area (Å²) in [6, 6.07) is 16.6. The first-order valence-corrected chi connectivity index (χ1v) is 10.8. The zero-order valence-corrected chi connectivity index (χ0v) is 17.9. The Kier molecular flexibility index (Phi) is 5.70. The molecule has 1 saturated heterocycles. The van der Waals surface area contributed by atoms with Crippen molar-refractivity contribution in [2.75, 3.05) is 27.2 Å². The molecule has 154 valence electrons. The first-order valence-electron chi connectivity index (χ1n) is 9.93. The fraction of sp³-hybridized carbons (Fsp3) is 0.250. The minimum atomic E-state index is -0.622. The summed E-state index contributed by atoms with van der Waals surface area (Å²) in [5.41, 5.74) is 0.740. The van der Waals surface area contributed by atoms with Crippen molar-refractivity contribution in [2.45, 2.75) is 12.5 Å². The van der Waals surface area contributed by atoms with Gasteiger partial charge in [0.2, 0.25) is 0 Å². The number of ketones is 1. The van der Waals surface area contributed by atoms with Gasteiger partial charge in [-0.05, 0) is 49.3 Å². The van der Waals surface area contributed by atoms with Gasteiger partial charge >= 0.3 is 0 Å². The van der Waals surface area contributed by atoms with Crippen LogP contribution in [-0.4, -0.2) is 53.8 Å². The molecule has 2 heterocycles. The number of aliphatic hydroxyl groups is 1. The summed E-state index contributed by atoms with van der Waals surface area (Å²) in [6.07, 6.45) is 0.746. The molecule has 0 radical (unpaired) electrons. The molecule has 6 heteroatoms. The highest BCUT2D eigenvalue weighted by atomic mass is 32.1. The van der Waals surface area contributed by atoms with Crippen molar-refractivity contribution in [1.29, 1.82) is 0 Å². The highest BCUT2D eigenvalue weighted by Gasteiger charge is 2.46. The first kappa shape index (κ1) is 20.3. The van der Waals surface area contributed by atoms with Gasteiger partial charge in [0.25, 0.3) is 11.7 Å². The number of hydrogen-bond acceptors (Lipinski definition) is 5. The lowest BCUT2D eigenvalue weighted by Gasteiger charge is -2.24. The maximum atomic E-state index is 13.1. The maximum Gasteiger partial charge on any atom is 0.295 e. The Morgan fingerprint density at radius 3 is 2.57 bits per heavy atom. The van der Waals surface area contributed by atoms with E-state index in [0.29, 0.717) is 12.1 Å². The van der Waals surface area contributed by atoms with E-state index in [-0.39, 0.29) is 11.3 Å². The lowest BCUT2D eigenvalue weighted by atomic mass is 9.96. The molecule has 0 aliphatic carbocycles. The van der Waals surface area contributed by atoms with E-state index in [4.69, 9.17) is 0 Å². The second-order valence-electron chi connectivity index (χ2n) is 7.69. The van der Waals surface area contributed by atoms with E-state index < -0.39 is 17.7 Å². The molecule has 1 N–H and O–H groups in total. The number of carbonyl (C=O) groups excluding carboxylic acids is 2. The summed E-state index contributed by atoms with van der Waals surface area (Å²) < 4.78 is 0. The number of hydrogen-bond donors (Lipinski definition) is 1. The Morgan fingerprint density at radius 2 is 1.83 bits per heavy atom. The van der Waals surface area contributed by atoms with Crippen molar-refractivity contribution >= 4 is 39.6 Å². The largest absolute Gasteiger partial charge is 0.507 e. The molecule has 3 aromatic rings. The third kappa shape index (κ3) is 3.64. The molecule has 5 nitrogen and oxygen atoms in total. The summed E-state index contributed by atoms with van der Waals surface area (Å²) in [5, 5.41) is 15.0. The van der Waals surface area contributed by atoms with E-state index >= 15 is 0 Å². The molecular formula is C24H24N2O3S. The van der Waals surface area contributed by atoms with E-state index in [1.165, 1.54) is 11.3 Å². The summed E-state index contributed by atoms with van der Waals surface area (Å²) in [5.74, 6) is -1.28. The van der Waals surface area contributed by atoms with Crippen LogP contribution in [0.15, 0.2) is 65.6 Å². The van der Waals surface area contributed by atoms with Crippen molar-refractivity contribution in [3.63, 3.8) is 0 Å². The Hall–Kier alpha value is -2.96. The van der Waals surface area contributed by atoms with Crippen molar-refractivity contribution in [3.8, 4) is 0 Å². The van der Waals surface area contributed by atoms with Gasteiger partial charge < -0.3 is 14.9 Å². The van der Waals surface area contributed by atoms with Crippen molar-refractivity contribution in [2.24, 2.45) is 0 Å². The van der Waals surface area contributed by atoms with Crippen molar-refractivity contribution in [3.05, 3.63) is 76.0 Å². The van der Waals surface area contributed by atoms with Gasteiger partial charge in [-0.1, -0.05) is 48.5 Å². The van der Waals surface area contributed by atoms with Crippen LogP contribution < -0.4 is 0 Å². The average Bonchev–Trinajstić information content (AvgIpc) is 3.35. The third-order valence-corrected chi connectivity index (χ3v) is 6.33. The van der Waals surface area contributed by atoms with E-state index in [2.05, 4.69) is 0 Å². The van der Waals surface area contributed by atoms with Crippen LogP contribution in [-0.2, 0) is 9.59 Å². The number of thiophene rings is 1. The quantitative estimate of drug-likeness (QED) is 0.367. The van der Waals surface area contributed by atoms with Crippen LogP contribution in [0.3, 0.4) is 0 Å². The standard InChI is InChI=1S/C24H24N2O3S/c1-25(2)13-7-14-26-21(19-12-6-15-30-19)20(23(28)24(26)29)22(27)18-11-5-9-16-8-3-4-10-17(16)18/h3-6,8-12,15,21,27H,7,13-14H2,1-2H3/b22-20-. The molecule has 1 fully saturated rings. The fourth-order valence-corrected chi connectivity index (χ4v) is 4.83. The molecule has 4 rings (SSSR count). The Labute approximate surface area is 179 Å². The number of Topliss-reactive ketones (excluding diaryl/α,β-unsaturated/α-hetero) is 1. The van der Waals surface area contributed by atoms with Crippen LogP contribution in [0.25, 0.3) is 16.5 Å². The van der Waals surface area contributed by atoms with E-state index in [1.54, 1.807) is 11.0 Å². The van der Waals surface area contributed by atoms with E-state index in [0.717, 1.165) is 28.6 Å². The summed E-state index contributed by atoms with van der Waals surface area (Å²) in [6.45, 7) is 1.27. The van der Waals surface area contributed by atoms with Crippen LogP contribution in [0.5, 0.6) is 0 Å². The second kappa shape index (κ2) is 8.42. The lowest BCUT2D eigenvalue weighted by Crippen LogP contribution is -2.32. The monoisotopic (exact) mass is 420 g/mol. The van der Waals surface area contributed by atoms with Gasteiger partial charge in [0.1, 0.15) is 5.76 Å². The molecule has 1 amide bonds. The number of amides is 1. The zero-order valence-electron chi connectivity index (χ0n) is 17.0.